The summed E-state index contributed by atoms with van der Waals surface area (Å²) in [6.07, 6.45) is 3.20. The van der Waals surface area contributed by atoms with Crippen LogP contribution in [0.3, 0.4) is 0 Å². The average Bonchev–Trinajstić information content (AvgIpc) is 2.46. The Kier molecular flexibility index (Phi) is 4.35. The molecule has 0 radical (unpaired) electrons. The van der Waals surface area contributed by atoms with Gasteiger partial charge in [0, 0.05) is 0 Å². The van der Waals surface area contributed by atoms with Crippen molar-refractivity contribution in [2.24, 2.45) is 0 Å². The van der Waals surface area contributed by atoms with E-state index in [1.165, 1.54) is 22.3 Å². The molecule has 0 aliphatic heterocycles. The zero-order valence-corrected chi connectivity index (χ0v) is 11.0. The zero-order valence-electron chi connectivity index (χ0n) is 11.0. The number of hydrogen-bond acceptors (Lipinski definition) is 0. The van der Waals surface area contributed by atoms with E-state index in [1.54, 1.807) is 0 Å². The summed E-state index contributed by atoms with van der Waals surface area (Å²) < 4.78 is 0. The van der Waals surface area contributed by atoms with E-state index in [-0.39, 0.29) is 0 Å². The van der Waals surface area contributed by atoms with Crippen LogP contribution in [0.2, 0.25) is 0 Å². The second-order valence-electron chi connectivity index (χ2n) is 4.64. The van der Waals surface area contributed by atoms with E-state index in [2.05, 4.69) is 62.0 Å². The van der Waals surface area contributed by atoms with Crippen LogP contribution >= 0.6 is 0 Å². The van der Waals surface area contributed by atoms with Crippen LogP contribution in [0.25, 0.3) is 5.57 Å². The summed E-state index contributed by atoms with van der Waals surface area (Å²) in [6.45, 7) is 6.36. The molecule has 0 heteroatoms. The van der Waals surface area contributed by atoms with Gasteiger partial charge in [0.25, 0.3) is 0 Å². The molecule has 2 aromatic carbocycles. The first-order valence-corrected chi connectivity index (χ1v) is 6.60. The van der Waals surface area contributed by atoms with Crippen LogP contribution in [0.5, 0.6) is 0 Å². The van der Waals surface area contributed by atoms with Crippen LogP contribution in [0.1, 0.15) is 30.0 Å². The van der Waals surface area contributed by atoms with Crippen molar-refractivity contribution in [2.75, 3.05) is 0 Å². The second kappa shape index (κ2) is 6.20. The molecule has 0 nitrogen and oxygen atoms in total. The van der Waals surface area contributed by atoms with Crippen molar-refractivity contribution in [1.82, 2.24) is 0 Å². The maximum Gasteiger partial charge on any atom is -0.0230 e. The van der Waals surface area contributed by atoms with Gasteiger partial charge in [-0.3, -0.25) is 0 Å². The van der Waals surface area contributed by atoms with Gasteiger partial charge < -0.3 is 0 Å². The minimum atomic E-state index is 1.02. The van der Waals surface area contributed by atoms with Crippen LogP contribution in [0.15, 0.2) is 61.2 Å². The van der Waals surface area contributed by atoms with Crippen LogP contribution < -0.4 is 0 Å². The molecule has 0 bridgehead atoms. The highest BCUT2D eigenvalue weighted by Crippen LogP contribution is 2.18. The number of benzene rings is 2. The van der Waals surface area contributed by atoms with Gasteiger partial charge in [0.2, 0.25) is 0 Å². The lowest BCUT2D eigenvalue weighted by molar-refractivity contribution is 1.01. The smallest absolute Gasteiger partial charge is 0.0230 e. The van der Waals surface area contributed by atoms with Crippen LogP contribution in [-0.4, -0.2) is 0 Å². The summed E-state index contributed by atoms with van der Waals surface area (Å²) in [7, 11) is 0. The summed E-state index contributed by atoms with van der Waals surface area (Å²) >= 11 is 0. The van der Waals surface area contributed by atoms with E-state index in [1.807, 2.05) is 6.07 Å². The molecule has 0 amide bonds. The van der Waals surface area contributed by atoms with E-state index >= 15 is 0 Å². The first-order valence-electron chi connectivity index (χ1n) is 6.60. The minimum absolute atomic E-state index is 1.02. The first-order chi connectivity index (χ1) is 8.79. The van der Waals surface area contributed by atoms with Gasteiger partial charge in [-0.2, -0.15) is 0 Å². The van der Waals surface area contributed by atoms with E-state index in [0.717, 1.165) is 19.3 Å². The lowest BCUT2D eigenvalue weighted by Gasteiger charge is -2.06. The quantitative estimate of drug-likeness (QED) is 0.693. The molecule has 0 aromatic heterocycles. The van der Waals surface area contributed by atoms with Gasteiger partial charge in [0.05, 0.1) is 0 Å². The molecule has 0 heterocycles. The molecule has 92 valence electrons. The molecule has 0 saturated heterocycles. The molecule has 0 saturated carbocycles. The zero-order chi connectivity index (χ0) is 12.8. The highest BCUT2D eigenvalue weighted by molar-refractivity contribution is 5.63. The predicted molar refractivity (Wildman–Crippen MR) is 79.6 cm³/mol. The Morgan fingerprint density at radius 3 is 2.11 bits per heavy atom. The molecule has 0 atom stereocenters. The highest BCUT2D eigenvalue weighted by atomic mass is 14.0. The number of rotatable bonds is 5. The maximum atomic E-state index is 4.17. The molecule has 2 rings (SSSR count). The fraction of sp³-hybridized carbons (Fsp3) is 0.222. The first kappa shape index (κ1) is 12.6. The highest BCUT2D eigenvalue weighted by Gasteiger charge is 1.99. The molecule has 0 N–H and O–H groups in total. The van der Waals surface area contributed by atoms with E-state index in [0.29, 0.717) is 0 Å². The molecule has 0 aliphatic rings. The molecule has 18 heavy (non-hydrogen) atoms. The van der Waals surface area contributed by atoms with E-state index in [9.17, 15) is 0 Å². The Balaban J connectivity index is 1.93. The lowest BCUT2D eigenvalue weighted by atomic mass is 9.99. The summed E-state index contributed by atoms with van der Waals surface area (Å²) in [6, 6.07) is 19.3. The average molecular weight is 236 g/mol. The summed E-state index contributed by atoms with van der Waals surface area (Å²) in [4.78, 5) is 0. The minimum Gasteiger partial charge on any atom is -0.0952 e. The fourth-order valence-electron chi connectivity index (χ4n) is 2.06. The monoisotopic (exact) mass is 236 g/mol. The van der Waals surface area contributed by atoms with Crippen molar-refractivity contribution in [3.63, 3.8) is 0 Å². The third kappa shape index (κ3) is 3.33. The van der Waals surface area contributed by atoms with Gasteiger partial charge in [-0.15, -0.1) is 0 Å². The van der Waals surface area contributed by atoms with Gasteiger partial charge >= 0.3 is 0 Å². The Bertz CT molecular complexity index is 491. The number of hydrogen-bond donors (Lipinski definition) is 0. The molecule has 2 aromatic rings. The topological polar surface area (TPSA) is 0 Å². The maximum absolute atomic E-state index is 4.17. The molecular formula is C18H20. The van der Waals surface area contributed by atoms with E-state index in [4.69, 9.17) is 0 Å². The van der Waals surface area contributed by atoms with Crippen molar-refractivity contribution in [3.05, 3.63) is 77.9 Å². The van der Waals surface area contributed by atoms with Crippen LogP contribution in [-0.2, 0) is 12.8 Å². The molecular weight excluding hydrogens is 216 g/mol. The van der Waals surface area contributed by atoms with Gasteiger partial charge in [-0.1, -0.05) is 68.1 Å². The largest absolute Gasteiger partial charge is 0.0952 e. The van der Waals surface area contributed by atoms with Crippen molar-refractivity contribution in [2.45, 2.75) is 26.2 Å². The van der Waals surface area contributed by atoms with Gasteiger partial charge in [0.1, 0.15) is 0 Å². The van der Waals surface area contributed by atoms with Crippen molar-refractivity contribution in [3.8, 4) is 0 Å². The van der Waals surface area contributed by atoms with Crippen LogP contribution in [0, 0.1) is 0 Å². The Labute approximate surface area is 110 Å². The third-order valence-corrected chi connectivity index (χ3v) is 3.33. The fourth-order valence-corrected chi connectivity index (χ4v) is 2.06. The predicted octanol–water partition coefficient (Wildman–Crippen LogP) is 4.90. The second-order valence-corrected chi connectivity index (χ2v) is 4.64. The molecule has 0 fully saturated rings. The molecule has 0 unspecified atom stereocenters. The number of allylic oxidation sites excluding steroid dienone is 1. The summed E-state index contributed by atoms with van der Waals surface area (Å²) in [5.74, 6) is 0. The van der Waals surface area contributed by atoms with Crippen molar-refractivity contribution in [1.29, 1.82) is 0 Å². The van der Waals surface area contributed by atoms with Gasteiger partial charge in [0.15, 0.2) is 0 Å². The lowest BCUT2D eigenvalue weighted by Crippen LogP contribution is -1.89. The molecule has 0 aliphatic carbocycles. The van der Waals surface area contributed by atoms with E-state index < -0.39 is 0 Å². The molecule has 0 spiro atoms. The van der Waals surface area contributed by atoms with Crippen LogP contribution in [0.4, 0.5) is 0 Å². The van der Waals surface area contributed by atoms with Gasteiger partial charge in [-0.05, 0) is 41.5 Å². The summed E-state index contributed by atoms with van der Waals surface area (Å²) in [5, 5.41) is 0. The van der Waals surface area contributed by atoms with Crippen molar-refractivity contribution < 1.29 is 0 Å². The standard InChI is InChI=1S/C18H20/c1-3-16-11-13-17(14-12-16)10-9-15(2)18-7-5-4-6-8-18/h4-8,11-14H,2-3,9-10H2,1H3. The Hall–Kier alpha value is -1.82. The number of aryl methyl sites for hydroxylation is 2. The summed E-state index contributed by atoms with van der Waals surface area (Å²) in [5.41, 5.74) is 5.27. The SMILES string of the molecule is C=C(CCc1ccc(CC)cc1)c1ccccc1. The Morgan fingerprint density at radius 2 is 1.50 bits per heavy atom. The normalized spacial score (nSPS) is 10.3. The van der Waals surface area contributed by atoms with Gasteiger partial charge in [-0.25, -0.2) is 0 Å². The van der Waals surface area contributed by atoms with Crippen molar-refractivity contribution >= 4 is 5.57 Å². The third-order valence-electron chi connectivity index (χ3n) is 3.33. The Morgan fingerprint density at radius 1 is 0.889 bits per heavy atom.